The monoisotopic (exact) mass is 197 g/mol. The molecule has 0 spiro atoms. The highest BCUT2D eigenvalue weighted by molar-refractivity contribution is 5.61. The van der Waals surface area contributed by atoms with Crippen LogP contribution in [0.4, 0.5) is 0 Å². The van der Waals surface area contributed by atoms with E-state index in [1.54, 1.807) is 6.20 Å². The lowest BCUT2D eigenvalue weighted by Gasteiger charge is -2.12. The van der Waals surface area contributed by atoms with Gasteiger partial charge in [0.05, 0.1) is 0 Å². The van der Waals surface area contributed by atoms with E-state index in [1.165, 1.54) is 5.57 Å². The summed E-state index contributed by atoms with van der Waals surface area (Å²) in [5.74, 6) is 1.75. The number of ether oxygens (including phenoxy) is 1. The molecule has 2 aliphatic rings. The first-order valence-corrected chi connectivity index (χ1v) is 5.14. The van der Waals surface area contributed by atoms with Crippen LogP contribution in [0.5, 0.6) is 5.88 Å². The summed E-state index contributed by atoms with van der Waals surface area (Å²) in [6.07, 6.45) is 12.2. The topological polar surface area (TPSA) is 22.1 Å². The summed E-state index contributed by atoms with van der Waals surface area (Å²) in [7, 11) is 0. The Morgan fingerprint density at radius 3 is 3.20 bits per heavy atom. The number of pyridine rings is 1. The largest absolute Gasteiger partial charge is 0.442 e. The maximum Gasteiger partial charge on any atom is 0.226 e. The molecule has 0 amide bonds. The van der Waals surface area contributed by atoms with E-state index in [0.717, 1.165) is 24.2 Å². The van der Waals surface area contributed by atoms with Gasteiger partial charge in [-0.2, -0.15) is 0 Å². The Balaban J connectivity index is 2.09. The molecule has 0 aromatic carbocycles. The molecule has 2 nitrogen and oxygen atoms in total. The fourth-order valence-electron chi connectivity index (χ4n) is 1.83. The molecule has 1 aromatic rings. The van der Waals surface area contributed by atoms with E-state index < -0.39 is 0 Å². The molecule has 1 aromatic heterocycles. The summed E-state index contributed by atoms with van der Waals surface area (Å²) < 4.78 is 5.82. The molecule has 1 aliphatic heterocycles. The van der Waals surface area contributed by atoms with Gasteiger partial charge in [-0.1, -0.05) is 18.2 Å². The fourth-order valence-corrected chi connectivity index (χ4v) is 1.83. The molecule has 2 heterocycles. The van der Waals surface area contributed by atoms with Crippen molar-refractivity contribution in [2.45, 2.75) is 12.8 Å². The molecule has 0 saturated carbocycles. The number of fused-ring (bicyclic) bond motifs is 1. The van der Waals surface area contributed by atoms with Crippen LogP contribution < -0.4 is 4.74 Å². The molecular formula is C13H11NO. The van der Waals surface area contributed by atoms with Crippen molar-refractivity contribution >= 4 is 6.08 Å². The molecule has 74 valence electrons. The Kier molecular flexibility index (Phi) is 1.91. The van der Waals surface area contributed by atoms with Crippen LogP contribution in [0, 0.1) is 0 Å². The second kappa shape index (κ2) is 3.39. The van der Waals surface area contributed by atoms with E-state index in [-0.39, 0.29) is 0 Å². The third kappa shape index (κ3) is 1.48. The molecule has 0 atom stereocenters. The van der Waals surface area contributed by atoms with Crippen LogP contribution in [-0.2, 0) is 0 Å². The summed E-state index contributed by atoms with van der Waals surface area (Å²) in [5, 5.41) is 0. The Labute approximate surface area is 88.6 Å². The lowest BCUT2D eigenvalue weighted by atomic mass is 10.0. The highest BCUT2D eigenvalue weighted by Gasteiger charge is 2.14. The minimum absolute atomic E-state index is 0.717. The molecule has 0 radical (unpaired) electrons. The summed E-state index contributed by atoms with van der Waals surface area (Å²) in [6, 6.07) is 3.94. The zero-order valence-corrected chi connectivity index (χ0v) is 8.31. The molecule has 3 rings (SSSR count). The van der Waals surface area contributed by atoms with E-state index in [2.05, 4.69) is 29.3 Å². The minimum Gasteiger partial charge on any atom is -0.442 e. The number of allylic oxidation sites excluding steroid dienone is 5. The quantitative estimate of drug-likeness (QED) is 0.637. The van der Waals surface area contributed by atoms with Crippen LogP contribution in [0.1, 0.15) is 18.4 Å². The van der Waals surface area contributed by atoms with Gasteiger partial charge in [-0.05, 0) is 24.6 Å². The van der Waals surface area contributed by atoms with E-state index >= 15 is 0 Å². The normalized spacial score (nSPS) is 17.9. The average Bonchev–Trinajstić information content (AvgIpc) is 2.48. The second-order valence-electron chi connectivity index (χ2n) is 3.65. The number of rotatable bonds is 0. The summed E-state index contributed by atoms with van der Waals surface area (Å²) in [6.45, 7) is 0. The van der Waals surface area contributed by atoms with Gasteiger partial charge in [0.2, 0.25) is 5.88 Å². The first-order chi connectivity index (χ1) is 7.43. The Bertz CT molecular complexity index is 483. The Morgan fingerprint density at radius 2 is 2.20 bits per heavy atom. The van der Waals surface area contributed by atoms with Gasteiger partial charge in [0, 0.05) is 23.8 Å². The van der Waals surface area contributed by atoms with Crippen molar-refractivity contribution in [1.82, 2.24) is 4.98 Å². The zero-order valence-electron chi connectivity index (χ0n) is 8.31. The first kappa shape index (κ1) is 8.48. The van der Waals surface area contributed by atoms with Crippen molar-refractivity contribution in [2.24, 2.45) is 0 Å². The van der Waals surface area contributed by atoms with Crippen LogP contribution in [0.15, 0.2) is 47.9 Å². The highest BCUT2D eigenvalue weighted by atomic mass is 16.5. The summed E-state index contributed by atoms with van der Waals surface area (Å²) >= 11 is 0. The van der Waals surface area contributed by atoms with Crippen molar-refractivity contribution in [2.75, 3.05) is 0 Å². The number of nitrogens with zero attached hydrogens (tertiary/aromatic N) is 1. The van der Waals surface area contributed by atoms with Crippen molar-refractivity contribution in [3.8, 4) is 5.88 Å². The minimum atomic E-state index is 0.717. The molecule has 2 heteroatoms. The maximum absolute atomic E-state index is 5.82. The predicted octanol–water partition coefficient (Wildman–Crippen LogP) is 3.09. The number of aromatic nitrogens is 1. The van der Waals surface area contributed by atoms with E-state index in [0.29, 0.717) is 5.88 Å². The third-order valence-corrected chi connectivity index (χ3v) is 2.62. The molecule has 0 N–H and O–H groups in total. The van der Waals surface area contributed by atoms with Gasteiger partial charge in [0.15, 0.2) is 0 Å². The smallest absolute Gasteiger partial charge is 0.226 e. The van der Waals surface area contributed by atoms with Crippen LogP contribution in [0.2, 0.25) is 0 Å². The Hall–Kier alpha value is -1.83. The van der Waals surface area contributed by atoms with Crippen LogP contribution >= 0.6 is 0 Å². The van der Waals surface area contributed by atoms with E-state index in [4.69, 9.17) is 4.74 Å². The summed E-state index contributed by atoms with van der Waals surface area (Å²) in [4.78, 5) is 4.24. The van der Waals surface area contributed by atoms with Gasteiger partial charge in [0.25, 0.3) is 0 Å². The molecule has 0 unspecified atom stereocenters. The number of hydrogen-bond donors (Lipinski definition) is 0. The van der Waals surface area contributed by atoms with E-state index in [1.807, 2.05) is 12.1 Å². The maximum atomic E-state index is 5.82. The van der Waals surface area contributed by atoms with Gasteiger partial charge < -0.3 is 4.74 Å². The van der Waals surface area contributed by atoms with Crippen molar-refractivity contribution in [3.63, 3.8) is 0 Å². The van der Waals surface area contributed by atoms with Crippen LogP contribution in [-0.4, -0.2) is 4.98 Å². The van der Waals surface area contributed by atoms with Crippen molar-refractivity contribution < 1.29 is 4.74 Å². The van der Waals surface area contributed by atoms with Gasteiger partial charge in [-0.15, -0.1) is 0 Å². The summed E-state index contributed by atoms with van der Waals surface area (Å²) in [5.41, 5.74) is 2.21. The van der Waals surface area contributed by atoms with Crippen LogP contribution in [0.3, 0.4) is 0 Å². The SMILES string of the molecule is C1=CC2=C(CC1)Oc1ncccc1C=C2. The third-order valence-electron chi connectivity index (χ3n) is 2.62. The van der Waals surface area contributed by atoms with Gasteiger partial charge in [-0.3, -0.25) is 0 Å². The first-order valence-electron chi connectivity index (χ1n) is 5.14. The van der Waals surface area contributed by atoms with Gasteiger partial charge in [0.1, 0.15) is 5.76 Å². The van der Waals surface area contributed by atoms with Gasteiger partial charge in [-0.25, -0.2) is 4.98 Å². The Morgan fingerprint density at radius 1 is 1.20 bits per heavy atom. The van der Waals surface area contributed by atoms with Crippen molar-refractivity contribution in [1.29, 1.82) is 0 Å². The predicted molar refractivity (Wildman–Crippen MR) is 59.3 cm³/mol. The lowest BCUT2D eigenvalue weighted by molar-refractivity contribution is 0.384. The van der Waals surface area contributed by atoms with Crippen LogP contribution in [0.25, 0.3) is 6.08 Å². The fraction of sp³-hybridized carbons (Fsp3) is 0.154. The number of hydrogen-bond acceptors (Lipinski definition) is 2. The molecule has 0 bridgehead atoms. The highest BCUT2D eigenvalue weighted by Crippen LogP contribution is 2.29. The molecule has 0 fully saturated rings. The van der Waals surface area contributed by atoms with E-state index in [9.17, 15) is 0 Å². The molecule has 0 saturated heterocycles. The average molecular weight is 197 g/mol. The molecule has 1 aliphatic carbocycles. The lowest BCUT2D eigenvalue weighted by Crippen LogP contribution is -2.01. The molecular weight excluding hydrogens is 186 g/mol. The molecule has 15 heavy (non-hydrogen) atoms. The van der Waals surface area contributed by atoms with Gasteiger partial charge >= 0.3 is 0 Å². The van der Waals surface area contributed by atoms with Crippen molar-refractivity contribution in [3.05, 3.63) is 53.5 Å². The zero-order chi connectivity index (χ0) is 10.1. The standard InChI is InChI=1S/C13H11NO/c1-2-6-12-10(4-1)7-8-11-5-3-9-14-13(11)15-12/h1,3-5,7-9H,2,6H2. The second-order valence-corrected chi connectivity index (χ2v) is 3.65.